The van der Waals surface area contributed by atoms with Crippen molar-refractivity contribution in [3.8, 4) is 0 Å². The van der Waals surface area contributed by atoms with Gasteiger partial charge in [-0.05, 0) is 48.4 Å². The van der Waals surface area contributed by atoms with Gasteiger partial charge in [-0.15, -0.1) is 0 Å². The van der Waals surface area contributed by atoms with Crippen LogP contribution in [0.25, 0.3) is 0 Å². The average Bonchev–Trinajstić information content (AvgIpc) is 2.51. The number of allylic oxidation sites excluding steroid dienone is 2. The first-order valence-corrected chi connectivity index (χ1v) is 9.18. The van der Waals surface area contributed by atoms with Crippen LogP contribution in [-0.4, -0.2) is 15.7 Å². The van der Waals surface area contributed by atoms with Crippen molar-refractivity contribution in [1.29, 1.82) is 0 Å². The van der Waals surface area contributed by atoms with Gasteiger partial charge in [-0.25, -0.2) is 0 Å². The van der Waals surface area contributed by atoms with E-state index in [4.69, 9.17) is 23.2 Å². The first kappa shape index (κ1) is 17.9. The van der Waals surface area contributed by atoms with Crippen LogP contribution in [0.5, 0.6) is 0 Å². The van der Waals surface area contributed by atoms with Gasteiger partial charge in [-0.1, -0.05) is 53.5 Å². The number of benzene rings is 2. The summed E-state index contributed by atoms with van der Waals surface area (Å²) in [6, 6.07) is 14.4. The maximum atomic E-state index is 12.8. The predicted molar refractivity (Wildman–Crippen MR) is 97.6 cm³/mol. The molecule has 0 aliphatic rings. The fourth-order valence-electron chi connectivity index (χ4n) is 2.23. The Morgan fingerprint density at radius 3 is 1.83 bits per heavy atom. The van der Waals surface area contributed by atoms with E-state index in [1.165, 1.54) is 6.08 Å². The highest BCUT2D eigenvalue weighted by Gasteiger charge is 2.22. The monoisotopic (exact) mass is 366 g/mol. The number of hydrogen-bond acceptors (Lipinski definition) is 2. The number of halogens is 2. The standard InChI is InChI=1S/C18H16Cl2O2S/c1-2-3-17(21)12-23(22)18(13-4-8-15(19)9-5-13)14-6-10-16(20)11-7-14/h2-11,18H,12H2,1H3/b3-2+. The molecule has 1 atom stereocenters. The van der Waals surface area contributed by atoms with Gasteiger partial charge < -0.3 is 0 Å². The summed E-state index contributed by atoms with van der Waals surface area (Å²) < 4.78 is 12.8. The lowest BCUT2D eigenvalue weighted by molar-refractivity contribution is -0.112. The van der Waals surface area contributed by atoms with Crippen molar-refractivity contribution in [3.63, 3.8) is 0 Å². The quantitative estimate of drug-likeness (QED) is 0.675. The third kappa shape index (κ3) is 5.03. The maximum absolute atomic E-state index is 12.8. The van der Waals surface area contributed by atoms with Crippen LogP contribution in [0.15, 0.2) is 60.7 Å². The first-order valence-electron chi connectivity index (χ1n) is 7.05. The molecule has 0 aromatic heterocycles. The lowest BCUT2D eigenvalue weighted by atomic mass is 10.0. The van der Waals surface area contributed by atoms with Gasteiger partial charge >= 0.3 is 0 Å². The Morgan fingerprint density at radius 2 is 1.43 bits per heavy atom. The van der Waals surface area contributed by atoms with E-state index < -0.39 is 16.0 Å². The van der Waals surface area contributed by atoms with Gasteiger partial charge in [0, 0.05) is 20.8 Å². The van der Waals surface area contributed by atoms with Crippen LogP contribution in [0.1, 0.15) is 23.3 Å². The van der Waals surface area contributed by atoms with Crippen LogP contribution in [0, 0.1) is 0 Å². The van der Waals surface area contributed by atoms with E-state index in [1.807, 2.05) is 24.3 Å². The molecule has 2 nitrogen and oxygen atoms in total. The molecule has 5 heteroatoms. The molecule has 23 heavy (non-hydrogen) atoms. The van der Waals surface area contributed by atoms with Gasteiger partial charge in [0.2, 0.25) is 0 Å². The maximum Gasteiger partial charge on any atom is 0.167 e. The fraction of sp³-hybridized carbons (Fsp3) is 0.167. The highest BCUT2D eigenvalue weighted by atomic mass is 35.5. The van der Waals surface area contributed by atoms with Gasteiger partial charge in [-0.2, -0.15) is 0 Å². The minimum absolute atomic E-state index is 0.0275. The lowest BCUT2D eigenvalue weighted by Gasteiger charge is -2.17. The summed E-state index contributed by atoms with van der Waals surface area (Å²) in [6.07, 6.45) is 3.10. The molecule has 0 heterocycles. The van der Waals surface area contributed by atoms with Crippen molar-refractivity contribution in [2.45, 2.75) is 12.2 Å². The van der Waals surface area contributed by atoms with Crippen LogP contribution in [0.2, 0.25) is 10.0 Å². The first-order chi connectivity index (χ1) is 11.0. The molecule has 0 radical (unpaired) electrons. The number of carbonyl (C=O) groups is 1. The molecule has 120 valence electrons. The largest absolute Gasteiger partial charge is 0.294 e. The molecular weight excluding hydrogens is 351 g/mol. The molecule has 0 aliphatic heterocycles. The zero-order chi connectivity index (χ0) is 16.8. The fourth-order valence-corrected chi connectivity index (χ4v) is 3.95. The van der Waals surface area contributed by atoms with Crippen LogP contribution < -0.4 is 0 Å². The van der Waals surface area contributed by atoms with E-state index in [9.17, 15) is 9.00 Å². The molecule has 2 rings (SSSR count). The number of hydrogen-bond donors (Lipinski definition) is 0. The summed E-state index contributed by atoms with van der Waals surface area (Å²) in [5.74, 6) is -0.181. The second-order valence-corrected chi connectivity index (χ2v) is 7.37. The van der Waals surface area contributed by atoms with Crippen LogP contribution in [-0.2, 0) is 15.6 Å². The Hall–Kier alpha value is -1.42. The van der Waals surface area contributed by atoms with Gasteiger partial charge in [0.25, 0.3) is 0 Å². The van der Waals surface area contributed by atoms with Gasteiger partial charge in [0.15, 0.2) is 5.78 Å². The normalized spacial score (nSPS) is 12.7. The van der Waals surface area contributed by atoms with E-state index >= 15 is 0 Å². The van der Waals surface area contributed by atoms with Crippen molar-refractivity contribution < 1.29 is 9.00 Å². The highest BCUT2D eigenvalue weighted by molar-refractivity contribution is 7.86. The van der Waals surface area contributed by atoms with Crippen molar-refractivity contribution in [3.05, 3.63) is 81.9 Å². The van der Waals surface area contributed by atoms with Crippen molar-refractivity contribution in [1.82, 2.24) is 0 Å². The SMILES string of the molecule is C/C=C/C(=O)CS(=O)C(c1ccc(Cl)cc1)c1ccc(Cl)cc1. The zero-order valence-corrected chi connectivity index (χ0v) is 14.9. The lowest BCUT2D eigenvalue weighted by Crippen LogP contribution is -2.16. The van der Waals surface area contributed by atoms with Crippen molar-refractivity contribution in [2.75, 3.05) is 5.75 Å². The molecular formula is C18H16Cl2O2S. The molecule has 0 spiro atoms. The smallest absolute Gasteiger partial charge is 0.167 e. The predicted octanol–water partition coefficient (Wildman–Crippen LogP) is 4.98. The van der Waals surface area contributed by atoms with Gasteiger partial charge in [-0.3, -0.25) is 9.00 Å². The molecule has 1 unspecified atom stereocenters. The molecule has 0 bridgehead atoms. The summed E-state index contributed by atoms with van der Waals surface area (Å²) in [5.41, 5.74) is 1.70. The third-order valence-electron chi connectivity index (χ3n) is 3.25. The Morgan fingerprint density at radius 1 is 1.00 bits per heavy atom. The van der Waals surface area contributed by atoms with E-state index in [0.29, 0.717) is 10.0 Å². The van der Waals surface area contributed by atoms with Crippen molar-refractivity contribution in [2.24, 2.45) is 0 Å². The number of ketones is 1. The minimum Gasteiger partial charge on any atom is -0.294 e. The van der Waals surface area contributed by atoms with Gasteiger partial charge in [0.1, 0.15) is 0 Å². The molecule has 0 saturated carbocycles. The molecule has 0 N–H and O–H groups in total. The molecule has 0 amide bonds. The number of carbonyl (C=O) groups excluding carboxylic acids is 1. The summed E-state index contributed by atoms with van der Waals surface area (Å²) in [6.45, 7) is 1.76. The van der Waals surface area contributed by atoms with E-state index in [2.05, 4.69) is 0 Å². The summed E-state index contributed by atoms with van der Waals surface area (Å²) in [7, 11) is -1.39. The highest BCUT2D eigenvalue weighted by Crippen LogP contribution is 2.30. The summed E-state index contributed by atoms with van der Waals surface area (Å²) >= 11 is 11.9. The number of rotatable bonds is 6. The van der Waals surface area contributed by atoms with E-state index in [0.717, 1.165) is 11.1 Å². The average molecular weight is 367 g/mol. The Balaban J connectivity index is 2.38. The molecule has 2 aromatic carbocycles. The molecule has 0 aliphatic carbocycles. The zero-order valence-electron chi connectivity index (χ0n) is 12.5. The van der Waals surface area contributed by atoms with Crippen LogP contribution >= 0.6 is 23.2 Å². The van der Waals surface area contributed by atoms with Crippen LogP contribution in [0.3, 0.4) is 0 Å². The van der Waals surface area contributed by atoms with Crippen molar-refractivity contribution >= 4 is 39.8 Å². The minimum atomic E-state index is -1.39. The second-order valence-electron chi connectivity index (χ2n) is 4.97. The summed E-state index contributed by atoms with van der Waals surface area (Å²) in [5, 5.41) is 0.817. The van der Waals surface area contributed by atoms with E-state index in [-0.39, 0.29) is 11.5 Å². The Kier molecular flexibility index (Phi) is 6.58. The van der Waals surface area contributed by atoms with E-state index in [1.54, 1.807) is 37.3 Å². The Bertz CT molecular complexity index is 676. The third-order valence-corrected chi connectivity index (χ3v) is 5.39. The van der Waals surface area contributed by atoms with Gasteiger partial charge in [0.05, 0.1) is 11.0 Å². The Labute approximate surface area is 148 Å². The molecule has 0 saturated heterocycles. The van der Waals surface area contributed by atoms with Crippen LogP contribution in [0.4, 0.5) is 0 Å². The topological polar surface area (TPSA) is 34.1 Å². The molecule has 2 aromatic rings. The second kappa shape index (κ2) is 8.44. The summed E-state index contributed by atoms with van der Waals surface area (Å²) in [4.78, 5) is 11.8. The molecule has 0 fully saturated rings.